The lowest BCUT2D eigenvalue weighted by molar-refractivity contribution is 0.102. The Kier molecular flexibility index (Phi) is 3.12. The van der Waals surface area contributed by atoms with Gasteiger partial charge in [-0.3, -0.25) is 4.79 Å². The summed E-state index contributed by atoms with van der Waals surface area (Å²) in [5, 5.41) is 6.69. The van der Waals surface area contributed by atoms with Gasteiger partial charge >= 0.3 is 0 Å². The number of benzene rings is 1. The maximum Gasteiger partial charge on any atom is 0.272 e. The van der Waals surface area contributed by atoms with Gasteiger partial charge in [-0.15, -0.1) is 0 Å². The highest BCUT2D eigenvalue weighted by atomic mass is 35.5. The van der Waals surface area contributed by atoms with Gasteiger partial charge in [0.25, 0.3) is 5.91 Å². The fraction of sp³-hybridized carbons (Fsp3) is 0.154. The summed E-state index contributed by atoms with van der Waals surface area (Å²) in [6.45, 7) is 0.939. The van der Waals surface area contributed by atoms with E-state index in [2.05, 4.69) is 15.6 Å². The zero-order chi connectivity index (χ0) is 13.4. The lowest BCUT2D eigenvalue weighted by Crippen LogP contribution is -2.12. The molecule has 1 aromatic heterocycles. The lowest BCUT2D eigenvalue weighted by atomic mass is 10.1. The highest BCUT2D eigenvalue weighted by Gasteiger charge is 2.14. The van der Waals surface area contributed by atoms with Crippen LogP contribution in [-0.4, -0.2) is 17.4 Å². The van der Waals surface area contributed by atoms with E-state index in [0.29, 0.717) is 10.7 Å². The zero-order valence-corrected chi connectivity index (χ0v) is 11.4. The molecule has 0 radical (unpaired) electrons. The second-order valence-electron chi connectivity index (χ2n) is 4.35. The van der Waals surface area contributed by atoms with Crippen LogP contribution in [0.4, 0.5) is 11.4 Å². The van der Waals surface area contributed by atoms with Crippen LogP contribution >= 0.6 is 23.2 Å². The molecule has 3 N–H and O–H groups in total. The molecule has 19 heavy (non-hydrogen) atoms. The third kappa shape index (κ3) is 2.41. The van der Waals surface area contributed by atoms with Crippen molar-refractivity contribution in [2.45, 2.75) is 6.42 Å². The minimum atomic E-state index is -0.264. The first-order chi connectivity index (χ1) is 9.13. The minimum Gasteiger partial charge on any atom is -0.384 e. The Hall–Kier alpha value is -1.65. The van der Waals surface area contributed by atoms with E-state index in [1.165, 1.54) is 11.6 Å². The summed E-state index contributed by atoms with van der Waals surface area (Å²) in [5.41, 5.74) is 3.44. The molecule has 1 aromatic carbocycles. The molecule has 0 atom stereocenters. The van der Waals surface area contributed by atoms with Crippen molar-refractivity contribution >= 4 is 40.5 Å². The van der Waals surface area contributed by atoms with E-state index in [0.717, 1.165) is 24.3 Å². The summed E-state index contributed by atoms with van der Waals surface area (Å²) >= 11 is 11.6. The number of hydrogen-bond donors (Lipinski definition) is 3. The third-order valence-electron chi connectivity index (χ3n) is 3.04. The highest BCUT2D eigenvalue weighted by molar-refractivity contribution is 6.41. The number of carbonyl (C=O) groups is 1. The number of H-pyrrole nitrogens is 1. The Bertz CT molecular complexity index is 632. The van der Waals surface area contributed by atoms with Gasteiger partial charge in [0.05, 0.1) is 5.02 Å². The molecular weight excluding hydrogens is 285 g/mol. The average Bonchev–Trinajstić information content (AvgIpc) is 2.96. The van der Waals surface area contributed by atoms with E-state index in [4.69, 9.17) is 23.2 Å². The molecular formula is C13H11Cl2N3O. The van der Waals surface area contributed by atoms with Gasteiger partial charge in [0.2, 0.25) is 0 Å². The van der Waals surface area contributed by atoms with E-state index in [1.54, 1.807) is 0 Å². The summed E-state index contributed by atoms with van der Waals surface area (Å²) in [6, 6.07) is 7.31. The SMILES string of the molecule is O=C(Nc1ccc2c(c1)CCN2)c1cc(Cl)c(Cl)[nH]1. The number of aromatic nitrogens is 1. The molecule has 0 saturated carbocycles. The molecule has 4 nitrogen and oxygen atoms in total. The summed E-state index contributed by atoms with van der Waals surface area (Å²) < 4.78 is 0. The first-order valence-corrected chi connectivity index (χ1v) is 6.61. The van der Waals surface area contributed by atoms with Crippen LogP contribution in [0.5, 0.6) is 0 Å². The normalized spacial score (nSPS) is 12.9. The number of carbonyl (C=O) groups excluding carboxylic acids is 1. The highest BCUT2D eigenvalue weighted by Crippen LogP contribution is 2.26. The second-order valence-corrected chi connectivity index (χ2v) is 5.13. The molecule has 1 aliphatic rings. The summed E-state index contributed by atoms with van der Waals surface area (Å²) in [7, 11) is 0. The molecule has 0 spiro atoms. The van der Waals surface area contributed by atoms with Crippen molar-refractivity contribution in [2.75, 3.05) is 17.2 Å². The zero-order valence-electron chi connectivity index (χ0n) is 9.89. The number of fused-ring (bicyclic) bond motifs is 1. The summed E-state index contributed by atoms with van der Waals surface area (Å²) in [5.74, 6) is -0.264. The summed E-state index contributed by atoms with van der Waals surface area (Å²) in [4.78, 5) is 14.7. The van der Waals surface area contributed by atoms with Crippen LogP contribution in [0, 0.1) is 0 Å². The van der Waals surface area contributed by atoms with Crippen LogP contribution in [0.25, 0.3) is 0 Å². The van der Waals surface area contributed by atoms with Crippen molar-refractivity contribution in [3.8, 4) is 0 Å². The van der Waals surface area contributed by atoms with Gasteiger partial charge in [0, 0.05) is 17.9 Å². The van der Waals surface area contributed by atoms with Gasteiger partial charge in [0.1, 0.15) is 10.8 Å². The van der Waals surface area contributed by atoms with Gasteiger partial charge < -0.3 is 15.6 Å². The smallest absolute Gasteiger partial charge is 0.272 e. The fourth-order valence-electron chi connectivity index (χ4n) is 2.11. The number of rotatable bonds is 2. The molecule has 0 unspecified atom stereocenters. The van der Waals surface area contributed by atoms with Crippen molar-refractivity contribution < 1.29 is 4.79 Å². The minimum absolute atomic E-state index is 0.264. The van der Waals surface area contributed by atoms with E-state index in [9.17, 15) is 4.79 Å². The van der Waals surface area contributed by atoms with Gasteiger partial charge in [-0.1, -0.05) is 23.2 Å². The standard InChI is InChI=1S/C13H11Cl2N3O/c14-9-6-11(18-12(9)15)13(19)17-8-1-2-10-7(5-8)3-4-16-10/h1-2,5-6,16,18H,3-4H2,(H,17,19). The molecule has 2 aromatic rings. The van der Waals surface area contributed by atoms with Gasteiger partial charge in [-0.2, -0.15) is 0 Å². The van der Waals surface area contributed by atoms with Crippen molar-refractivity contribution in [1.82, 2.24) is 4.98 Å². The fourth-order valence-corrected chi connectivity index (χ4v) is 2.42. The number of anilines is 2. The molecule has 0 bridgehead atoms. The maximum atomic E-state index is 12.0. The first kappa shape index (κ1) is 12.4. The number of nitrogens with one attached hydrogen (secondary N) is 3. The van der Waals surface area contributed by atoms with Gasteiger partial charge in [0.15, 0.2) is 0 Å². The van der Waals surface area contributed by atoms with Crippen LogP contribution in [0.15, 0.2) is 24.3 Å². The van der Waals surface area contributed by atoms with E-state index >= 15 is 0 Å². The Morgan fingerprint density at radius 3 is 2.84 bits per heavy atom. The Morgan fingerprint density at radius 1 is 1.26 bits per heavy atom. The van der Waals surface area contributed by atoms with Crippen molar-refractivity contribution in [3.05, 3.63) is 45.7 Å². The Balaban J connectivity index is 1.79. The number of aromatic amines is 1. The quantitative estimate of drug-likeness (QED) is 0.794. The Morgan fingerprint density at radius 2 is 2.11 bits per heavy atom. The van der Waals surface area contributed by atoms with Crippen LogP contribution in [-0.2, 0) is 6.42 Å². The van der Waals surface area contributed by atoms with E-state index in [-0.39, 0.29) is 11.1 Å². The van der Waals surface area contributed by atoms with Crippen molar-refractivity contribution in [3.63, 3.8) is 0 Å². The number of amides is 1. The average molecular weight is 296 g/mol. The number of hydrogen-bond acceptors (Lipinski definition) is 2. The molecule has 3 rings (SSSR count). The Labute approximate surface area is 120 Å². The maximum absolute atomic E-state index is 12.0. The summed E-state index contributed by atoms with van der Waals surface area (Å²) in [6.07, 6.45) is 0.971. The van der Waals surface area contributed by atoms with Gasteiger partial charge in [-0.25, -0.2) is 0 Å². The molecule has 0 aliphatic carbocycles. The molecule has 1 amide bonds. The largest absolute Gasteiger partial charge is 0.384 e. The lowest BCUT2D eigenvalue weighted by Gasteiger charge is -2.06. The molecule has 2 heterocycles. The van der Waals surface area contributed by atoms with Crippen LogP contribution in [0.2, 0.25) is 10.2 Å². The molecule has 1 aliphatic heterocycles. The number of halogens is 2. The monoisotopic (exact) mass is 295 g/mol. The molecule has 6 heteroatoms. The van der Waals surface area contributed by atoms with Crippen LogP contribution in [0.3, 0.4) is 0 Å². The molecule has 98 valence electrons. The second kappa shape index (κ2) is 4.79. The van der Waals surface area contributed by atoms with E-state index < -0.39 is 0 Å². The first-order valence-electron chi connectivity index (χ1n) is 5.85. The predicted molar refractivity (Wildman–Crippen MR) is 77.4 cm³/mol. The third-order valence-corrected chi connectivity index (χ3v) is 3.74. The van der Waals surface area contributed by atoms with Crippen molar-refractivity contribution in [2.24, 2.45) is 0 Å². The molecule has 0 saturated heterocycles. The van der Waals surface area contributed by atoms with Crippen LogP contribution in [0.1, 0.15) is 16.1 Å². The molecule has 0 fully saturated rings. The topological polar surface area (TPSA) is 56.9 Å². The van der Waals surface area contributed by atoms with Crippen molar-refractivity contribution in [1.29, 1.82) is 0 Å². The predicted octanol–water partition coefficient (Wildman–Crippen LogP) is 3.54. The van der Waals surface area contributed by atoms with E-state index in [1.807, 2.05) is 18.2 Å². The van der Waals surface area contributed by atoms with Crippen LogP contribution < -0.4 is 10.6 Å². The van der Waals surface area contributed by atoms with Gasteiger partial charge in [-0.05, 0) is 36.2 Å².